The summed E-state index contributed by atoms with van der Waals surface area (Å²) >= 11 is 0. The fourth-order valence-corrected chi connectivity index (χ4v) is 5.62. The Morgan fingerprint density at radius 1 is 0.972 bits per heavy atom. The fraction of sp³-hybridized carbons (Fsp3) is 0.323. The predicted octanol–water partition coefficient (Wildman–Crippen LogP) is 6.72. The maximum Gasteiger partial charge on any atom is 0.253 e. The number of anilines is 2. The molecule has 1 saturated heterocycles. The minimum atomic E-state index is -0.541. The van der Waals surface area contributed by atoms with Gasteiger partial charge >= 0.3 is 0 Å². The number of likely N-dealkylation sites (tertiary alicyclic amines) is 1. The lowest BCUT2D eigenvalue weighted by Crippen LogP contribution is -2.56. The van der Waals surface area contributed by atoms with Crippen molar-refractivity contribution in [3.8, 4) is 0 Å². The van der Waals surface area contributed by atoms with E-state index in [4.69, 9.17) is 0 Å². The van der Waals surface area contributed by atoms with Gasteiger partial charge in [0.15, 0.2) is 0 Å². The summed E-state index contributed by atoms with van der Waals surface area (Å²) in [6.45, 7) is 7.00. The highest BCUT2D eigenvalue weighted by Gasteiger charge is 2.50. The number of halogens is 1. The zero-order valence-electron chi connectivity index (χ0n) is 21.1. The number of rotatable bonds is 7. The summed E-state index contributed by atoms with van der Waals surface area (Å²) in [6, 6.07) is 25.3. The maximum atomic E-state index is 14.3. The van der Waals surface area contributed by atoms with Gasteiger partial charge < -0.3 is 5.32 Å². The van der Waals surface area contributed by atoms with Crippen LogP contribution < -0.4 is 10.2 Å². The molecule has 1 N–H and O–H groups in total. The zero-order chi connectivity index (χ0) is 25.1. The first-order chi connectivity index (χ1) is 17.5. The van der Waals surface area contributed by atoms with E-state index < -0.39 is 5.54 Å². The van der Waals surface area contributed by atoms with Crippen molar-refractivity contribution in [3.05, 3.63) is 108 Å². The average Bonchev–Trinajstić information content (AvgIpc) is 3.16. The van der Waals surface area contributed by atoms with Crippen LogP contribution in [-0.2, 0) is 11.3 Å². The van der Waals surface area contributed by atoms with Gasteiger partial charge in [-0.2, -0.15) is 0 Å². The van der Waals surface area contributed by atoms with E-state index in [1.807, 2.05) is 23.1 Å². The van der Waals surface area contributed by atoms with Crippen LogP contribution in [0, 0.1) is 5.82 Å². The molecule has 4 nitrogen and oxygen atoms in total. The van der Waals surface area contributed by atoms with Crippen molar-refractivity contribution in [2.45, 2.75) is 51.1 Å². The monoisotopic (exact) mass is 483 g/mol. The van der Waals surface area contributed by atoms with Crippen LogP contribution in [0.3, 0.4) is 0 Å². The fourth-order valence-electron chi connectivity index (χ4n) is 5.62. The number of amides is 1. The van der Waals surface area contributed by atoms with Crippen molar-refractivity contribution in [3.63, 3.8) is 0 Å². The van der Waals surface area contributed by atoms with Crippen molar-refractivity contribution in [2.75, 3.05) is 23.3 Å². The Balaban J connectivity index is 1.47. The van der Waals surface area contributed by atoms with E-state index >= 15 is 0 Å². The van der Waals surface area contributed by atoms with Gasteiger partial charge in [0.2, 0.25) is 0 Å². The molecule has 1 atom stereocenters. The van der Waals surface area contributed by atoms with Crippen LogP contribution >= 0.6 is 0 Å². The lowest BCUT2D eigenvalue weighted by atomic mass is 9.83. The van der Waals surface area contributed by atoms with E-state index in [-0.39, 0.29) is 11.7 Å². The molecule has 1 unspecified atom stereocenters. The second-order valence-corrected chi connectivity index (χ2v) is 10.0. The Labute approximate surface area is 213 Å². The van der Waals surface area contributed by atoms with E-state index in [0.29, 0.717) is 11.6 Å². The summed E-state index contributed by atoms with van der Waals surface area (Å²) < 4.78 is 14.3. The van der Waals surface area contributed by atoms with E-state index in [2.05, 4.69) is 66.5 Å². The van der Waals surface area contributed by atoms with Crippen LogP contribution in [0.5, 0.6) is 0 Å². The van der Waals surface area contributed by atoms with Crippen LogP contribution in [0.25, 0.3) is 0 Å². The highest BCUT2D eigenvalue weighted by molar-refractivity contribution is 6.07. The summed E-state index contributed by atoms with van der Waals surface area (Å²) in [5.41, 5.74) is 4.55. The molecule has 36 heavy (non-hydrogen) atoms. The lowest BCUT2D eigenvalue weighted by Gasteiger charge is -2.46. The lowest BCUT2D eigenvalue weighted by molar-refractivity contribution is -0.114. The van der Waals surface area contributed by atoms with Gasteiger partial charge in [0, 0.05) is 42.8 Å². The van der Waals surface area contributed by atoms with Gasteiger partial charge in [0.05, 0.1) is 5.54 Å². The molecule has 3 aromatic rings. The standard InChI is InChI=1S/C31H34FN3O/c1-3-23(2)27-14-7-8-15-28(27)33-29-21-30(36)35(26-13-9-12-25(32)20-26)31(29)16-18-34(19-17-31)22-24-10-5-4-6-11-24/h4-15,20-21,23,33H,3,16-19,22H2,1-2H3. The third kappa shape index (κ3) is 4.68. The van der Waals surface area contributed by atoms with Gasteiger partial charge in [0.25, 0.3) is 5.91 Å². The summed E-state index contributed by atoms with van der Waals surface area (Å²) in [4.78, 5) is 17.7. The van der Waals surface area contributed by atoms with Crippen molar-refractivity contribution in [2.24, 2.45) is 0 Å². The van der Waals surface area contributed by atoms with Crippen LogP contribution in [0.4, 0.5) is 15.8 Å². The number of carbonyl (C=O) groups is 1. The predicted molar refractivity (Wildman–Crippen MR) is 144 cm³/mol. The first kappa shape index (κ1) is 24.3. The quantitative estimate of drug-likeness (QED) is 0.405. The minimum absolute atomic E-state index is 0.0966. The smallest absolute Gasteiger partial charge is 0.253 e. The number of nitrogens with zero attached hydrogens (tertiary/aromatic N) is 2. The summed E-state index contributed by atoms with van der Waals surface area (Å²) in [5, 5.41) is 3.68. The Morgan fingerprint density at radius 3 is 2.42 bits per heavy atom. The van der Waals surface area contributed by atoms with Gasteiger partial charge in [-0.3, -0.25) is 14.6 Å². The molecule has 0 bridgehead atoms. The molecule has 3 aromatic carbocycles. The van der Waals surface area contributed by atoms with Gasteiger partial charge in [-0.15, -0.1) is 0 Å². The van der Waals surface area contributed by atoms with E-state index in [1.54, 1.807) is 12.1 Å². The number of benzene rings is 3. The molecule has 186 valence electrons. The molecule has 0 saturated carbocycles. The second-order valence-electron chi connectivity index (χ2n) is 10.0. The number of piperidine rings is 1. The first-order valence-corrected chi connectivity index (χ1v) is 12.9. The molecule has 0 radical (unpaired) electrons. The molecular weight excluding hydrogens is 449 g/mol. The Bertz CT molecular complexity index is 1250. The average molecular weight is 484 g/mol. The Morgan fingerprint density at radius 2 is 1.69 bits per heavy atom. The van der Waals surface area contributed by atoms with Crippen molar-refractivity contribution < 1.29 is 9.18 Å². The number of hydrogen-bond acceptors (Lipinski definition) is 3. The van der Waals surface area contributed by atoms with Gasteiger partial charge in [-0.25, -0.2) is 4.39 Å². The molecular formula is C31H34FN3O. The van der Waals surface area contributed by atoms with E-state index in [1.165, 1.54) is 23.3 Å². The normalized spacial score (nSPS) is 18.4. The highest BCUT2D eigenvalue weighted by atomic mass is 19.1. The molecule has 5 rings (SSSR count). The Hall–Kier alpha value is -3.44. The molecule has 5 heteroatoms. The molecule has 1 fully saturated rings. The largest absolute Gasteiger partial charge is 0.357 e. The van der Waals surface area contributed by atoms with Crippen molar-refractivity contribution in [1.29, 1.82) is 0 Å². The summed E-state index contributed by atoms with van der Waals surface area (Å²) in [7, 11) is 0. The van der Waals surface area contributed by atoms with Crippen LogP contribution in [0.15, 0.2) is 90.6 Å². The zero-order valence-corrected chi connectivity index (χ0v) is 21.1. The molecule has 2 heterocycles. The molecule has 1 spiro atoms. The first-order valence-electron chi connectivity index (χ1n) is 12.9. The number of para-hydroxylation sites is 1. The summed E-state index contributed by atoms with van der Waals surface area (Å²) in [6.07, 6.45) is 4.30. The van der Waals surface area contributed by atoms with Crippen molar-refractivity contribution >= 4 is 17.3 Å². The Kier molecular flexibility index (Phi) is 6.92. The molecule has 2 aliphatic rings. The second kappa shape index (κ2) is 10.3. The number of hydrogen-bond donors (Lipinski definition) is 1. The SMILES string of the molecule is CCC(C)c1ccccc1NC1=CC(=O)N(c2cccc(F)c2)C12CCN(Cc1ccccc1)CC2. The third-order valence-electron chi connectivity index (χ3n) is 7.79. The van der Waals surface area contributed by atoms with Gasteiger partial charge in [-0.1, -0.05) is 68.4 Å². The molecule has 2 aliphatic heterocycles. The van der Waals surface area contributed by atoms with E-state index in [0.717, 1.165) is 50.3 Å². The van der Waals surface area contributed by atoms with Crippen LogP contribution in [0.1, 0.15) is 50.2 Å². The van der Waals surface area contributed by atoms with Crippen LogP contribution in [-0.4, -0.2) is 29.4 Å². The molecule has 1 amide bonds. The van der Waals surface area contributed by atoms with Crippen molar-refractivity contribution in [1.82, 2.24) is 4.90 Å². The molecule has 0 aliphatic carbocycles. The van der Waals surface area contributed by atoms with E-state index in [9.17, 15) is 9.18 Å². The highest BCUT2D eigenvalue weighted by Crippen LogP contribution is 2.44. The van der Waals surface area contributed by atoms with Gasteiger partial charge in [-0.05, 0) is 60.6 Å². The topological polar surface area (TPSA) is 35.6 Å². The third-order valence-corrected chi connectivity index (χ3v) is 7.79. The molecule has 0 aromatic heterocycles. The maximum absolute atomic E-state index is 14.3. The van der Waals surface area contributed by atoms with Gasteiger partial charge in [0.1, 0.15) is 5.82 Å². The van der Waals surface area contributed by atoms with Crippen LogP contribution in [0.2, 0.25) is 0 Å². The minimum Gasteiger partial charge on any atom is -0.357 e. The summed E-state index contributed by atoms with van der Waals surface area (Å²) in [5.74, 6) is -0.0319. The number of nitrogens with one attached hydrogen (secondary N) is 1. The number of carbonyl (C=O) groups excluding carboxylic acids is 1.